The highest BCUT2D eigenvalue weighted by Gasteiger charge is 2.33. The molecule has 1 aliphatic carbocycles. The maximum atomic E-state index is 9.83. The summed E-state index contributed by atoms with van der Waals surface area (Å²) >= 11 is 3.44. The van der Waals surface area contributed by atoms with Gasteiger partial charge in [-0.05, 0) is 51.3 Å². The summed E-state index contributed by atoms with van der Waals surface area (Å²) in [4.78, 5) is 0. The highest BCUT2D eigenvalue weighted by Crippen LogP contribution is 2.35. The molecule has 88 valence electrons. The summed E-state index contributed by atoms with van der Waals surface area (Å²) in [6.45, 7) is 4.35. The molecule has 3 heteroatoms. The second-order valence-corrected chi connectivity index (χ2v) is 5.90. The fourth-order valence-corrected chi connectivity index (χ4v) is 2.70. The van der Waals surface area contributed by atoms with Crippen LogP contribution in [0.4, 0.5) is 0 Å². The lowest BCUT2D eigenvalue weighted by molar-refractivity contribution is 0.189. The zero-order valence-electron chi connectivity index (χ0n) is 9.76. The van der Waals surface area contributed by atoms with E-state index in [9.17, 15) is 5.11 Å². The van der Waals surface area contributed by atoms with Gasteiger partial charge in [0.05, 0.1) is 0 Å². The fourth-order valence-electron chi connectivity index (χ4n) is 2.32. The van der Waals surface area contributed by atoms with E-state index in [0.29, 0.717) is 5.75 Å². The van der Waals surface area contributed by atoms with Gasteiger partial charge in [0, 0.05) is 21.6 Å². The molecule has 1 fully saturated rings. The van der Waals surface area contributed by atoms with Gasteiger partial charge in [0.1, 0.15) is 5.75 Å². The van der Waals surface area contributed by atoms with Gasteiger partial charge in [0.2, 0.25) is 0 Å². The molecule has 1 aromatic rings. The van der Waals surface area contributed by atoms with Crippen molar-refractivity contribution < 1.29 is 5.11 Å². The average Bonchev–Trinajstić information content (AvgIpc) is 2.19. The first-order chi connectivity index (χ1) is 7.50. The van der Waals surface area contributed by atoms with Crippen LogP contribution in [0.25, 0.3) is 0 Å². The predicted molar refractivity (Wildman–Crippen MR) is 69.6 cm³/mol. The van der Waals surface area contributed by atoms with Gasteiger partial charge in [-0.15, -0.1) is 0 Å². The molecule has 0 heterocycles. The van der Waals surface area contributed by atoms with Crippen LogP contribution in [0, 0.1) is 0 Å². The Hall–Kier alpha value is -0.540. The lowest BCUT2D eigenvalue weighted by atomic mass is 9.78. The second kappa shape index (κ2) is 4.38. The number of benzene rings is 1. The van der Waals surface area contributed by atoms with Crippen LogP contribution in [0.3, 0.4) is 0 Å². The van der Waals surface area contributed by atoms with E-state index >= 15 is 0 Å². The third kappa shape index (κ3) is 2.41. The van der Waals surface area contributed by atoms with Crippen LogP contribution in [0.1, 0.15) is 44.7 Å². The number of phenols is 1. The first kappa shape index (κ1) is 11.9. The van der Waals surface area contributed by atoms with Gasteiger partial charge >= 0.3 is 0 Å². The topological polar surface area (TPSA) is 32.3 Å². The van der Waals surface area contributed by atoms with Crippen LogP contribution in [-0.2, 0) is 0 Å². The standard InChI is InChI=1S/C13H18BrNO/c1-9(15-13(2)6-3-7-13)11-8-10(14)4-5-12(11)16/h4-5,8-9,15-16H,3,6-7H2,1-2H3. The molecule has 0 radical (unpaired) electrons. The van der Waals surface area contributed by atoms with E-state index in [1.807, 2.05) is 12.1 Å². The molecule has 2 N–H and O–H groups in total. The molecule has 1 aliphatic rings. The Morgan fingerprint density at radius 1 is 1.44 bits per heavy atom. The molecule has 1 atom stereocenters. The van der Waals surface area contributed by atoms with Crippen molar-refractivity contribution in [2.45, 2.75) is 44.7 Å². The number of nitrogens with one attached hydrogen (secondary N) is 1. The molecule has 1 unspecified atom stereocenters. The summed E-state index contributed by atoms with van der Waals surface area (Å²) < 4.78 is 1.01. The number of phenolic OH excluding ortho intramolecular Hbond substituents is 1. The highest BCUT2D eigenvalue weighted by molar-refractivity contribution is 9.10. The molecule has 0 amide bonds. The van der Waals surface area contributed by atoms with E-state index in [0.717, 1.165) is 10.0 Å². The Bertz CT molecular complexity index is 388. The summed E-state index contributed by atoms with van der Waals surface area (Å²) in [5.41, 5.74) is 1.22. The molecule has 0 spiro atoms. The van der Waals surface area contributed by atoms with Crippen molar-refractivity contribution >= 4 is 15.9 Å². The third-order valence-electron chi connectivity index (χ3n) is 3.48. The number of halogens is 1. The summed E-state index contributed by atoms with van der Waals surface area (Å²) in [6, 6.07) is 5.76. The van der Waals surface area contributed by atoms with Crippen LogP contribution < -0.4 is 5.32 Å². The van der Waals surface area contributed by atoms with Crippen molar-refractivity contribution in [3.8, 4) is 5.75 Å². The van der Waals surface area contributed by atoms with E-state index in [1.54, 1.807) is 6.07 Å². The molecule has 0 saturated heterocycles. The predicted octanol–water partition coefficient (Wildman–Crippen LogP) is 3.75. The fraction of sp³-hybridized carbons (Fsp3) is 0.538. The van der Waals surface area contributed by atoms with Crippen LogP contribution in [-0.4, -0.2) is 10.6 Å². The first-order valence-electron chi connectivity index (χ1n) is 5.76. The van der Waals surface area contributed by atoms with E-state index in [4.69, 9.17) is 0 Å². The van der Waals surface area contributed by atoms with Crippen molar-refractivity contribution in [2.75, 3.05) is 0 Å². The van der Waals surface area contributed by atoms with Gasteiger partial charge < -0.3 is 10.4 Å². The van der Waals surface area contributed by atoms with Crippen LogP contribution in [0.2, 0.25) is 0 Å². The van der Waals surface area contributed by atoms with Crippen LogP contribution in [0.15, 0.2) is 22.7 Å². The summed E-state index contributed by atoms with van der Waals surface area (Å²) in [5, 5.41) is 13.4. The van der Waals surface area contributed by atoms with E-state index < -0.39 is 0 Å². The number of hydrogen-bond acceptors (Lipinski definition) is 2. The van der Waals surface area contributed by atoms with Gasteiger partial charge in [-0.25, -0.2) is 0 Å². The summed E-state index contributed by atoms with van der Waals surface area (Å²) in [7, 11) is 0. The van der Waals surface area contributed by atoms with Gasteiger partial charge in [-0.1, -0.05) is 15.9 Å². The first-order valence-corrected chi connectivity index (χ1v) is 6.56. The monoisotopic (exact) mass is 283 g/mol. The van der Waals surface area contributed by atoms with Crippen molar-refractivity contribution in [1.82, 2.24) is 5.32 Å². The largest absolute Gasteiger partial charge is 0.508 e. The average molecular weight is 284 g/mol. The molecular formula is C13H18BrNO. The molecule has 16 heavy (non-hydrogen) atoms. The normalized spacial score (nSPS) is 20.2. The molecule has 1 aromatic carbocycles. The molecule has 2 nitrogen and oxygen atoms in total. The van der Waals surface area contributed by atoms with Gasteiger partial charge in [0.25, 0.3) is 0 Å². The van der Waals surface area contributed by atoms with E-state index in [1.165, 1.54) is 19.3 Å². The van der Waals surface area contributed by atoms with Gasteiger partial charge in [-0.2, -0.15) is 0 Å². The minimum atomic E-state index is 0.183. The Labute approximate surface area is 105 Å². The van der Waals surface area contributed by atoms with Crippen LogP contribution >= 0.6 is 15.9 Å². The molecule has 1 saturated carbocycles. The molecular weight excluding hydrogens is 266 g/mol. The van der Waals surface area contributed by atoms with Crippen molar-refractivity contribution in [3.05, 3.63) is 28.2 Å². The van der Waals surface area contributed by atoms with Crippen molar-refractivity contribution in [2.24, 2.45) is 0 Å². The minimum Gasteiger partial charge on any atom is -0.508 e. The Balaban J connectivity index is 2.13. The smallest absolute Gasteiger partial charge is 0.120 e. The zero-order valence-corrected chi connectivity index (χ0v) is 11.3. The zero-order chi connectivity index (χ0) is 11.8. The van der Waals surface area contributed by atoms with Crippen molar-refractivity contribution in [3.63, 3.8) is 0 Å². The van der Waals surface area contributed by atoms with Crippen LogP contribution in [0.5, 0.6) is 5.75 Å². The second-order valence-electron chi connectivity index (χ2n) is 4.98. The lowest BCUT2D eigenvalue weighted by Crippen LogP contribution is -2.49. The molecule has 0 aromatic heterocycles. The van der Waals surface area contributed by atoms with Gasteiger partial charge in [-0.3, -0.25) is 0 Å². The maximum absolute atomic E-state index is 9.83. The Morgan fingerprint density at radius 2 is 2.12 bits per heavy atom. The SMILES string of the molecule is CC(NC1(C)CCC1)c1cc(Br)ccc1O. The maximum Gasteiger partial charge on any atom is 0.120 e. The molecule has 2 rings (SSSR count). The quantitative estimate of drug-likeness (QED) is 0.886. The summed E-state index contributed by atoms with van der Waals surface area (Å²) in [5.74, 6) is 0.367. The Morgan fingerprint density at radius 3 is 2.69 bits per heavy atom. The minimum absolute atomic E-state index is 0.183. The van der Waals surface area contributed by atoms with E-state index in [-0.39, 0.29) is 11.6 Å². The lowest BCUT2D eigenvalue weighted by Gasteiger charge is -2.41. The number of rotatable bonds is 3. The Kier molecular flexibility index (Phi) is 3.27. The van der Waals surface area contributed by atoms with E-state index in [2.05, 4.69) is 35.1 Å². The third-order valence-corrected chi connectivity index (χ3v) is 3.97. The number of hydrogen-bond donors (Lipinski definition) is 2. The van der Waals surface area contributed by atoms with Crippen molar-refractivity contribution in [1.29, 1.82) is 0 Å². The molecule has 0 aliphatic heterocycles. The molecule has 0 bridgehead atoms. The highest BCUT2D eigenvalue weighted by atomic mass is 79.9. The number of aromatic hydroxyl groups is 1. The van der Waals surface area contributed by atoms with Gasteiger partial charge in [0.15, 0.2) is 0 Å². The summed E-state index contributed by atoms with van der Waals surface area (Å²) in [6.07, 6.45) is 3.76.